The Morgan fingerprint density at radius 3 is 2.67 bits per heavy atom. The minimum absolute atomic E-state index is 0.0579. The molecule has 39 heavy (non-hydrogen) atoms. The van der Waals surface area contributed by atoms with E-state index in [2.05, 4.69) is 18.4 Å². The number of hydrogen-bond donors (Lipinski definition) is 2. The number of likely N-dealkylation sites (tertiary alicyclic amines) is 1. The summed E-state index contributed by atoms with van der Waals surface area (Å²) in [5.41, 5.74) is -2.02. The molecule has 2 heterocycles. The summed E-state index contributed by atoms with van der Waals surface area (Å²) in [5.74, 6) is -1.41. The Kier molecular flexibility index (Phi) is 5.51. The molecule has 1 aromatic carbocycles. The van der Waals surface area contributed by atoms with Crippen LogP contribution >= 0.6 is 0 Å². The van der Waals surface area contributed by atoms with E-state index in [1.807, 2.05) is 6.08 Å². The van der Waals surface area contributed by atoms with Gasteiger partial charge in [0.2, 0.25) is 0 Å². The number of carbonyl (C=O) groups is 1. The Morgan fingerprint density at radius 2 is 1.95 bits per heavy atom. The van der Waals surface area contributed by atoms with Gasteiger partial charge in [-0.05, 0) is 31.8 Å². The van der Waals surface area contributed by atoms with Gasteiger partial charge in [-0.15, -0.1) is 0 Å². The predicted octanol–water partition coefficient (Wildman–Crippen LogP) is 5.66. The van der Waals surface area contributed by atoms with Gasteiger partial charge in [-0.25, -0.2) is 0 Å². The summed E-state index contributed by atoms with van der Waals surface area (Å²) in [6, 6.07) is 7.88. The van der Waals surface area contributed by atoms with E-state index in [-0.39, 0.29) is 23.0 Å². The third-order valence-corrected chi connectivity index (χ3v) is 10.8. The van der Waals surface area contributed by atoms with Crippen LogP contribution in [0.5, 0.6) is 0 Å². The lowest BCUT2D eigenvalue weighted by Gasteiger charge is -2.64. The van der Waals surface area contributed by atoms with Crippen molar-refractivity contribution in [2.45, 2.75) is 69.0 Å². The zero-order valence-corrected chi connectivity index (χ0v) is 22.2. The zero-order chi connectivity index (χ0) is 27.2. The molecule has 1 amide bonds. The first-order chi connectivity index (χ1) is 18.6. The molecule has 1 spiro atoms. The van der Waals surface area contributed by atoms with Crippen LogP contribution in [0.25, 0.3) is 5.76 Å². The van der Waals surface area contributed by atoms with Gasteiger partial charge in [0.25, 0.3) is 5.91 Å². The van der Waals surface area contributed by atoms with Crippen molar-refractivity contribution < 1.29 is 32.3 Å². The Morgan fingerprint density at radius 1 is 1.18 bits per heavy atom. The van der Waals surface area contributed by atoms with E-state index < -0.39 is 29.1 Å². The highest BCUT2D eigenvalue weighted by atomic mass is 19.4. The van der Waals surface area contributed by atoms with Crippen LogP contribution in [0.4, 0.5) is 13.2 Å². The van der Waals surface area contributed by atoms with Crippen LogP contribution in [-0.2, 0) is 9.53 Å². The van der Waals surface area contributed by atoms with Crippen LogP contribution in [-0.4, -0.2) is 59.7 Å². The fraction of sp³-hybridized carbons (Fsp3) is 0.581. The van der Waals surface area contributed by atoms with Gasteiger partial charge in [-0.3, -0.25) is 4.79 Å². The molecule has 2 aliphatic heterocycles. The van der Waals surface area contributed by atoms with Crippen molar-refractivity contribution in [3.63, 3.8) is 0 Å². The molecule has 3 unspecified atom stereocenters. The highest BCUT2D eigenvalue weighted by Crippen LogP contribution is 2.69. The summed E-state index contributed by atoms with van der Waals surface area (Å²) < 4.78 is 50.7. The molecule has 2 bridgehead atoms. The Bertz CT molecular complexity index is 1290. The Labute approximate surface area is 227 Å². The van der Waals surface area contributed by atoms with Gasteiger partial charge in [0.05, 0.1) is 32.3 Å². The summed E-state index contributed by atoms with van der Waals surface area (Å²) in [4.78, 5) is 13.5. The Hall–Kier alpha value is -2.58. The number of nitrogens with one attached hydrogen (secondary N) is 1. The van der Waals surface area contributed by atoms with Gasteiger partial charge >= 0.3 is 6.18 Å². The van der Waals surface area contributed by atoms with E-state index in [0.29, 0.717) is 12.0 Å². The molecule has 4 aliphatic carbocycles. The number of aliphatic hydroxyl groups excluding tert-OH is 1. The zero-order valence-electron chi connectivity index (χ0n) is 22.2. The lowest BCUT2D eigenvalue weighted by Crippen LogP contribution is -2.71. The molecule has 0 radical (unpaired) electrons. The summed E-state index contributed by atoms with van der Waals surface area (Å²) >= 11 is 0. The SMILES string of the molecule is C[N+]1(CC2CC2)CC[C@]23C4C5=CC=CC4(NC(=O)C(=C(O)c4ccccc4)C(F)(F)F)O[C@H]2CCC[C@H]3[C@H]1C5. The van der Waals surface area contributed by atoms with Crippen LogP contribution in [0.2, 0.25) is 0 Å². The molecule has 1 aromatic rings. The standard InChI is InChI=1S/C31H35F3N2O3/c1-36(18-19-12-13-19)16-15-29-22-10-5-11-24(29)39-30(14-6-9-21(27(29)30)17-23(22)36)35-28(38)25(31(32,33)34)26(37)20-7-3-2-4-8-20/h2-4,6-9,14,19,22-24,27H,5,10-13,15-18H2,1H3,(H-,35,37,38)/p+1/t22-,23+,24-,27?,29+,30?,36?/m0/s1. The third kappa shape index (κ3) is 3.70. The number of quaternary nitrogens is 1. The molecule has 7 rings (SSSR count). The van der Waals surface area contributed by atoms with Gasteiger partial charge in [0.15, 0.2) is 11.3 Å². The minimum atomic E-state index is -5.05. The summed E-state index contributed by atoms with van der Waals surface area (Å²) in [7, 11) is 2.41. The van der Waals surface area contributed by atoms with Crippen LogP contribution in [0, 0.1) is 23.2 Å². The molecule has 0 aromatic heterocycles. The number of ether oxygens (including phenoxy) is 1. The molecular weight excluding hydrogens is 505 g/mol. The monoisotopic (exact) mass is 541 g/mol. The van der Waals surface area contributed by atoms with E-state index in [0.717, 1.165) is 49.0 Å². The number of nitrogens with zero attached hydrogens (tertiary/aromatic N) is 1. The van der Waals surface area contributed by atoms with Crippen molar-refractivity contribution in [3.8, 4) is 0 Å². The largest absolute Gasteiger partial charge is 0.506 e. The molecule has 3 saturated carbocycles. The average molecular weight is 542 g/mol. The van der Waals surface area contributed by atoms with Crippen molar-refractivity contribution in [3.05, 3.63) is 65.3 Å². The van der Waals surface area contributed by atoms with E-state index in [1.165, 1.54) is 49.2 Å². The van der Waals surface area contributed by atoms with E-state index in [9.17, 15) is 23.1 Å². The van der Waals surface area contributed by atoms with Crippen molar-refractivity contribution in [1.82, 2.24) is 5.32 Å². The van der Waals surface area contributed by atoms with Gasteiger partial charge in [-0.1, -0.05) is 54.5 Å². The third-order valence-electron chi connectivity index (χ3n) is 10.8. The fourth-order valence-electron chi connectivity index (χ4n) is 9.23. The first-order valence-corrected chi connectivity index (χ1v) is 14.4. The summed E-state index contributed by atoms with van der Waals surface area (Å²) in [6.07, 6.45) is 7.99. The molecule has 5 nitrogen and oxygen atoms in total. The molecule has 5 fully saturated rings. The number of allylic oxidation sites excluding steroid dienone is 2. The second-order valence-electron chi connectivity index (χ2n) is 13.0. The van der Waals surface area contributed by atoms with Crippen LogP contribution < -0.4 is 5.32 Å². The number of rotatable bonds is 5. The van der Waals surface area contributed by atoms with Crippen LogP contribution in [0.1, 0.15) is 50.5 Å². The summed E-state index contributed by atoms with van der Waals surface area (Å²) in [5, 5.41) is 13.4. The quantitative estimate of drug-likeness (QED) is 0.287. The Balaban J connectivity index is 1.28. The highest BCUT2D eigenvalue weighted by molar-refractivity contribution is 6.01. The molecule has 2 N–H and O–H groups in total. The average Bonchev–Trinajstić information content (AvgIpc) is 3.64. The number of hydrogen-bond acceptors (Lipinski definition) is 3. The van der Waals surface area contributed by atoms with E-state index in [4.69, 9.17) is 4.74 Å². The smallest absolute Gasteiger partial charge is 0.425 e. The van der Waals surface area contributed by atoms with Crippen molar-refractivity contribution in [2.75, 3.05) is 20.1 Å². The number of halogens is 3. The minimum Gasteiger partial charge on any atom is -0.506 e. The van der Waals surface area contributed by atoms with Gasteiger partial charge in [0.1, 0.15) is 5.76 Å². The van der Waals surface area contributed by atoms with Gasteiger partial charge < -0.3 is 19.6 Å². The summed E-state index contributed by atoms with van der Waals surface area (Å²) in [6.45, 7) is 2.24. The fourth-order valence-corrected chi connectivity index (χ4v) is 9.23. The van der Waals surface area contributed by atoms with E-state index in [1.54, 1.807) is 12.1 Å². The molecular formula is C31H36F3N2O3+. The number of piperidine rings is 1. The van der Waals surface area contributed by atoms with E-state index >= 15 is 0 Å². The first-order valence-electron chi connectivity index (χ1n) is 14.4. The second-order valence-corrected chi connectivity index (χ2v) is 13.0. The molecule has 2 saturated heterocycles. The first kappa shape index (κ1) is 25.4. The lowest BCUT2D eigenvalue weighted by atomic mass is 9.46. The predicted molar refractivity (Wildman–Crippen MR) is 140 cm³/mol. The van der Waals surface area contributed by atoms with Crippen molar-refractivity contribution in [1.29, 1.82) is 0 Å². The number of amides is 1. The van der Waals surface area contributed by atoms with Crippen LogP contribution in [0.15, 0.2) is 59.7 Å². The maximum absolute atomic E-state index is 14.3. The second kappa shape index (κ2) is 8.46. The molecule has 6 aliphatic rings. The molecule has 7 atom stereocenters. The maximum Gasteiger partial charge on any atom is 0.425 e. The van der Waals surface area contributed by atoms with Crippen molar-refractivity contribution >= 4 is 11.7 Å². The van der Waals surface area contributed by atoms with Crippen molar-refractivity contribution in [2.24, 2.45) is 23.2 Å². The van der Waals surface area contributed by atoms with Gasteiger partial charge in [-0.2, -0.15) is 13.2 Å². The molecule has 208 valence electrons. The maximum atomic E-state index is 14.3. The van der Waals surface area contributed by atoms with Gasteiger partial charge in [0, 0.05) is 41.6 Å². The lowest BCUT2D eigenvalue weighted by molar-refractivity contribution is -0.948. The van der Waals surface area contributed by atoms with Crippen LogP contribution in [0.3, 0.4) is 0 Å². The highest BCUT2D eigenvalue weighted by Gasteiger charge is 2.74. The molecule has 8 heteroatoms. The number of benzene rings is 1. The topological polar surface area (TPSA) is 58.6 Å². The number of carbonyl (C=O) groups excluding carboxylic acids is 1. The number of aliphatic hydroxyl groups is 1. The normalized spacial score (nSPS) is 40.9. The number of alkyl halides is 3.